The number of carbonyl (C=O) groups is 4. The minimum atomic E-state index is -5.08. The lowest BCUT2D eigenvalue weighted by atomic mass is 9.99. The van der Waals surface area contributed by atoms with Crippen molar-refractivity contribution in [3.05, 3.63) is 30.1 Å². The maximum atomic E-state index is 11.9. The van der Waals surface area contributed by atoms with Crippen molar-refractivity contribution in [3.63, 3.8) is 0 Å². The van der Waals surface area contributed by atoms with Crippen molar-refractivity contribution < 1.29 is 74.0 Å². The van der Waals surface area contributed by atoms with Gasteiger partial charge in [0.05, 0.1) is 23.6 Å². The maximum Gasteiger partial charge on any atom is 0.490 e. The third-order valence-corrected chi connectivity index (χ3v) is 4.16. The number of nitrogens with two attached hydrogens (primary N) is 1. The molecule has 0 saturated carbocycles. The Morgan fingerprint density at radius 2 is 1.25 bits per heavy atom. The first-order chi connectivity index (χ1) is 17.9. The van der Waals surface area contributed by atoms with Crippen molar-refractivity contribution in [1.82, 2.24) is 15.3 Å². The molecule has 1 aromatic heterocycles. The maximum absolute atomic E-state index is 11.9. The molecule has 40 heavy (non-hydrogen) atoms. The Labute approximate surface area is 218 Å². The van der Waals surface area contributed by atoms with Crippen molar-refractivity contribution in [1.29, 1.82) is 0 Å². The van der Waals surface area contributed by atoms with E-state index in [2.05, 4.69) is 15.3 Å². The van der Waals surface area contributed by atoms with E-state index in [9.17, 15) is 44.3 Å². The number of halogens is 9. The predicted octanol–water partition coefficient (Wildman–Crippen LogP) is 3.45. The predicted molar refractivity (Wildman–Crippen MR) is 116 cm³/mol. The van der Waals surface area contributed by atoms with E-state index >= 15 is 0 Å². The third-order valence-electron chi connectivity index (χ3n) is 4.16. The van der Waals surface area contributed by atoms with Gasteiger partial charge in [-0.15, -0.1) is 0 Å². The summed E-state index contributed by atoms with van der Waals surface area (Å²) in [6.07, 6.45) is -14.4. The summed E-state index contributed by atoms with van der Waals surface area (Å²) in [6.45, 7) is 4.38. The van der Waals surface area contributed by atoms with Gasteiger partial charge in [-0.3, -0.25) is 4.79 Å². The van der Waals surface area contributed by atoms with Gasteiger partial charge in [0.15, 0.2) is 0 Å². The van der Waals surface area contributed by atoms with Gasteiger partial charge in [-0.05, 0) is 18.1 Å². The number of alkyl halides is 9. The Balaban J connectivity index is 0. The Kier molecular flexibility index (Phi) is 15.3. The molecular weight excluding hydrogens is 579 g/mol. The van der Waals surface area contributed by atoms with Crippen LogP contribution >= 0.6 is 0 Å². The average Bonchev–Trinajstić information content (AvgIpc) is 3.24. The van der Waals surface area contributed by atoms with E-state index in [1.54, 1.807) is 0 Å². The third kappa shape index (κ3) is 16.0. The number of imidazole rings is 1. The van der Waals surface area contributed by atoms with Crippen LogP contribution in [0.15, 0.2) is 24.3 Å². The zero-order chi connectivity index (χ0) is 32.1. The summed E-state index contributed by atoms with van der Waals surface area (Å²) in [5.74, 6) is -7.48. The van der Waals surface area contributed by atoms with Crippen molar-refractivity contribution in [2.24, 2.45) is 11.7 Å². The highest BCUT2D eigenvalue weighted by atomic mass is 19.4. The van der Waals surface area contributed by atoms with Crippen LogP contribution in [0.2, 0.25) is 0 Å². The number of carbonyl (C=O) groups excluding carboxylic acids is 1. The second-order valence-corrected chi connectivity index (χ2v) is 7.24. The number of nitrogens with one attached hydrogen (secondary N) is 2. The molecule has 2 atom stereocenters. The minimum absolute atomic E-state index is 0.130. The van der Waals surface area contributed by atoms with E-state index in [0.29, 0.717) is 6.54 Å². The smallest absolute Gasteiger partial charge is 0.475 e. The van der Waals surface area contributed by atoms with Gasteiger partial charge < -0.3 is 31.4 Å². The van der Waals surface area contributed by atoms with Crippen LogP contribution in [0.1, 0.15) is 26.1 Å². The number of aromatic amines is 1. The molecular formula is C20H23F9N4O7. The molecule has 20 heteroatoms. The van der Waals surface area contributed by atoms with Gasteiger partial charge in [-0.1, -0.05) is 32.4 Å². The van der Waals surface area contributed by atoms with Crippen LogP contribution in [0.3, 0.4) is 0 Å². The SMILES string of the molecule is CC[C@H](C)[C@H](N)C(=O)NCc1nc2ccccc2[nH]1.O=C(O)C(F)(F)F.O=C(O)C(F)(F)F.O=C(O)C(F)(F)F. The molecule has 0 unspecified atom stereocenters. The van der Waals surface area contributed by atoms with E-state index in [0.717, 1.165) is 23.3 Å². The van der Waals surface area contributed by atoms with Gasteiger partial charge in [0.2, 0.25) is 5.91 Å². The lowest BCUT2D eigenvalue weighted by molar-refractivity contribution is -0.193. The van der Waals surface area contributed by atoms with Crippen LogP contribution in [0, 0.1) is 5.92 Å². The number of aromatic nitrogens is 2. The molecule has 0 bridgehead atoms. The largest absolute Gasteiger partial charge is 0.490 e. The molecule has 0 saturated heterocycles. The minimum Gasteiger partial charge on any atom is -0.475 e. The summed E-state index contributed by atoms with van der Waals surface area (Å²) >= 11 is 0. The van der Waals surface area contributed by atoms with Crippen LogP contribution < -0.4 is 11.1 Å². The molecule has 0 aliphatic carbocycles. The van der Waals surface area contributed by atoms with Crippen LogP contribution in [0.25, 0.3) is 11.0 Å². The molecule has 0 fully saturated rings. The number of para-hydroxylation sites is 2. The molecule has 1 aromatic carbocycles. The number of rotatable bonds is 5. The summed E-state index contributed by atoms with van der Waals surface area (Å²) in [4.78, 5) is 46.1. The number of hydrogen-bond acceptors (Lipinski definition) is 6. The number of carboxylic acids is 3. The highest BCUT2D eigenvalue weighted by Crippen LogP contribution is 2.14. The summed E-state index contributed by atoms with van der Waals surface area (Å²) < 4.78 is 95.2. The number of fused-ring (bicyclic) bond motifs is 1. The van der Waals surface area contributed by atoms with Gasteiger partial charge in [0, 0.05) is 0 Å². The number of H-pyrrole nitrogens is 1. The average molecular weight is 602 g/mol. The van der Waals surface area contributed by atoms with Crippen LogP contribution in [0.5, 0.6) is 0 Å². The van der Waals surface area contributed by atoms with E-state index in [1.807, 2.05) is 38.1 Å². The molecule has 0 aliphatic rings. The van der Waals surface area contributed by atoms with Crippen LogP contribution in [0.4, 0.5) is 39.5 Å². The van der Waals surface area contributed by atoms with Crippen molar-refractivity contribution in [2.75, 3.05) is 0 Å². The number of benzene rings is 1. The van der Waals surface area contributed by atoms with Crippen molar-refractivity contribution in [3.8, 4) is 0 Å². The fraction of sp³-hybridized carbons (Fsp3) is 0.450. The lowest BCUT2D eigenvalue weighted by Gasteiger charge is -2.17. The first-order valence-electron chi connectivity index (χ1n) is 10.3. The molecule has 7 N–H and O–H groups in total. The van der Waals surface area contributed by atoms with Gasteiger partial charge in [-0.25, -0.2) is 19.4 Å². The Morgan fingerprint density at radius 1 is 0.875 bits per heavy atom. The van der Waals surface area contributed by atoms with E-state index < -0.39 is 42.5 Å². The first-order valence-corrected chi connectivity index (χ1v) is 10.3. The second kappa shape index (κ2) is 16.1. The number of amides is 1. The zero-order valence-corrected chi connectivity index (χ0v) is 20.3. The molecule has 1 heterocycles. The number of nitrogens with zero attached hydrogens (tertiary/aromatic N) is 1. The Hall–Kier alpha value is -4.10. The lowest BCUT2D eigenvalue weighted by Crippen LogP contribution is -2.44. The molecule has 228 valence electrons. The number of aliphatic carboxylic acids is 3. The zero-order valence-electron chi connectivity index (χ0n) is 20.3. The molecule has 2 aromatic rings. The standard InChI is InChI=1S/C14H20N4O.3C2HF3O2/c1-3-9(2)13(15)14(19)16-8-12-17-10-6-4-5-7-11(10)18-12;3*3-2(4,5)1(6)7/h4-7,9,13H,3,8,15H2,1-2H3,(H,16,19)(H,17,18);3*(H,6,7)/t9-,13-;;;/m0.../s1. The summed E-state index contributed by atoms with van der Waals surface area (Å²) in [5.41, 5.74) is 7.74. The molecule has 2 rings (SSSR count). The highest BCUT2D eigenvalue weighted by molar-refractivity contribution is 5.82. The monoisotopic (exact) mass is 602 g/mol. The summed E-state index contributed by atoms with van der Waals surface area (Å²) in [5, 5.41) is 24.2. The second-order valence-electron chi connectivity index (χ2n) is 7.24. The van der Waals surface area contributed by atoms with E-state index in [1.165, 1.54) is 0 Å². The van der Waals surface area contributed by atoms with Gasteiger partial charge >= 0.3 is 36.4 Å². The van der Waals surface area contributed by atoms with E-state index in [4.69, 9.17) is 35.4 Å². The topological polar surface area (TPSA) is 196 Å². The van der Waals surface area contributed by atoms with Gasteiger partial charge in [-0.2, -0.15) is 39.5 Å². The molecule has 0 spiro atoms. The summed E-state index contributed by atoms with van der Waals surface area (Å²) in [7, 11) is 0. The molecule has 11 nitrogen and oxygen atoms in total. The molecule has 0 radical (unpaired) electrons. The Morgan fingerprint density at radius 3 is 1.57 bits per heavy atom. The normalized spacial score (nSPS) is 12.7. The van der Waals surface area contributed by atoms with Crippen LogP contribution in [-0.4, -0.2) is 73.7 Å². The molecule has 0 aliphatic heterocycles. The number of hydrogen-bond donors (Lipinski definition) is 6. The van der Waals surface area contributed by atoms with E-state index in [-0.39, 0.29) is 11.8 Å². The fourth-order valence-corrected chi connectivity index (χ4v) is 1.89. The Bertz CT molecular complexity index is 1030. The van der Waals surface area contributed by atoms with Crippen molar-refractivity contribution in [2.45, 2.75) is 51.4 Å². The highest BCUT2D eigenvalue weighted by Gasteiger charge is 2.39. The first kappa shape index (κ1) is 38.0. The van der Waals surface area contributed by atoms with Gasteiger partial charge in [0.1, 0.15) is 5.82 Å². The number of carboxylic acid groups (broad SMARTS) is 3. The summed E-state index contributed by atoms with van der Waals surface area (Å²) in [6, 6.07) is 7.31. The van der Waals surface area contributed by atoms with Gasteiger partial charge in [0.25, 0.3) is 0 Å². The van der Waals surface area contributed by atoms with Crippen LogP contribution in [-0.2, 0) is 25.7 Å². The van der Waals surface area contributed by atoms with Crippen molar-refractivity contribution >= 4 is 34.8 Å². The fourth-order valence-electron chi connectivity index (χ4n) is 1.89. The molecule has 1 amide bonds. The quantitative estimate of drug-likeness (QED) is 0.278.